The first kappa shape index (κ1) is 19.5. The van der Waals surface area contributed by atoms with Crippen molar-refractivity contribution in [3.8, 4) is 5.75 Å². The molecule has 0 atom stereocenters. The van der Waals surface area contributed by atoms with Crippen LogP contribution in [0.1, 0.15) is 0 Å². The van der Waals surface area contributed by atoms with Crippen LogP contribution in [0.2, 0.25) is 5.02 Å². The quantitative estimate of drug-likeness (QED) is 0.790. The van der Waals surface area contributed by atoms with Gasteiger partial charge in [0.25, 0.3) is 15.9 Å². The lowest BCUT2D eigenvalue weighted by molar-refractivity contribution is -0.137. The lowest BCUT2D eigenvalue weighted by atomic mass is 10.3. The largest absolute Gasteiger partial charge is 0.484 e. The predicted molar refractivity (Wildman–Crippen MR) is 102 cm³/mol. The maximum Gasteiger partial charge on any atom is 0.261 e. The van der Waals surface area contributed by atoms with Gasteiger partial charge >= 0.3 is 0 Å². The highest BCUT2D eigenvalue weighted by atomic mass is 35.5. The third kappa shape index (κ3) is 5.35. The first-order chi connectivity index (χ1) is 12.9. The average molecular weight is 411 g/mol. The van der Waals surface area contributed by atoms with Crippen molar-refractivity contribution >= 4 is 33.2 Å². The molecule has 1 heterocycles. The summed E-state index contributed by atoms with van der Waals surface area (Å²) in [6.07, 6.45) is 0. The number of morpholine rings is 1. The number of benzene rings is 2. The fourth-order valence-electron chi connectivity index (χ4n) is 2.50. The number of nitrogens with one attached hydrogen (secondary N) is 1. The van der Waals surface area contributed by atoms with Crippen molar-refractivity contribution in [2.45, 2.75) is 4.90 Å². The van der Waals surface area contributed by atoms with Gasteiger partial charge in [0, 0.05) is 23.8 Å². The van der Waals surface area contributed by atoms with Crippen LogP contribution in [-0.4, -0.2) is 52.1 Å². The van der Waals surface area contributed by atoms with Crippen LogP contribution in [-0.2, 0) is 19.6 Å². The number of halogens is 1. The van der Waals surface area contributed by atoms with Gasteiger partial charge in [-0.05, 0) is 48.5 Å². The van der Waals surface area contributed by atoms with Crippen molar-refractivity contribution in [2.75, 3.05) is 37.6 Å². The molecule has 0 saturated carbocycles. The smallest absolute Gasteiger partial charge is 0.261 e. The molecule has 0 aliphatic carbocycles. The lowest BCUT2D eigenvalue weighted by Crippen LogP contribution is -2.42. The molecule has 1 aliphatic rings. The van der Waals surface area contributed by atoms with Crippen LogP contribution >= 0.6 is 11.6 Å². The zero-order chi connectivity index (χ0) is 19.3. The van der Waals surface area contributed by atoms with Crippen LogP contribution in [0.25, 0.3) is 0 Å². The van der Waals surface area contributed by atoms with Crippen LogP contribution in [0, 0.1) is 0 Å². The third-order valence-corrected chi connectivity index (χ3v) is 5.61. The Morgan fingerprint density at radius 2 is 1.70 bits per heavy atom. The van der Waals surface area contributed by atoms with Crippen molar-refractivity contribution in [3.05, 3.63) is 53.6 Å². The minimum absolute atomic E-state index is 0.0873. The Morgan fingerprint density at radius 3 is 2.33 bits per heavy atom. The Balaban J connectivity index is 1.58. The molecular weight excluding hydrogens is 392 g/mol. The molecule has 9 heteroatoms. The number of carbonyl (C=O) groups excluding carboxylic acids is 1. The number of hydrogen-bond acceptors (Lipinski definition) is 5. The predicted octanol–water partition coefficient (Wildman–Crippen LogP) is 2.38. The molecule has 1 aliphatic heterocycles. The SMILES string of the molecule is O=C(COc1ccc(S(=O)(=O)Nc2ccc(Cl)cc2)cc1)N1CCOCC1. The number of ether oxygens (including phenoxy) is 2. The van der Waals surface area contributed by atoms with E-state index >= 15 is 0 Å². The zero-order valence-electron chi connectivity index (χ0n) is 14.4. The van der Waals surface area contributed by atoms with E-state index in [9.17, 15) is 13.2 Å². The number of hydrogen-bond donors (Lipinski definition) is 1. The molecule has 1 amide bonds. The topological polar surface area (TPSA) is 84.9 Å². The van der Waals surface area contributed by atoms with Crippen LogP contribution < -0.4 is 9.46 Å². The van der Waals surface area contributed by atoms with Crippen molar-refractivity contribution < 1.29 is 22.7 Å². The second-order valence-electron chi connectivity index (χ2n) is 5.87. The molecule has 2 aromatic rings. The second kappa shape index (κ2) is 8.60. The Labute approximate surface area is 162 Å². The summed E-state index contributed by atoms with van der Waals surface area (Å²) in [6.45, 7) is 2.05. The first-order valence-electron chi connectivity index (χ1n) is 8.31. The van der Waals surface area contributed by atoms with Gasteiger partial charge in [-0.1, -0.05) is 11.6 Å². The van der Waals surface area contributed by atoms with E-state index in [2.05, 4.69) is 4.72 Å². The van der Waals surface area contributed by atoms with Gasteiger partial charge in [0.2, 0.25) is 0 Å². The number of sulfonamides is 1. The number of carbonyl (C=O) groups is 1. The van der Waals surface area contributed by atoms with Crippen LogP contribution in [0.4, 0.5) is 5.69 Å². The van der Waals surface area contributed by atoms with Gasteiger partial charge in [-0.2, -0.15) is 0 Å². The highest BCUT2D eigenvalue weighted by Gasteiger charge is 2.18. The van der Waals surface area contributed by atoms with E-state index in [1.807, 2.05) is 0 Å². The maximum absolute atomic E-state index is 12.4. The first-order valence-corrected chi connectivity index (χ1v) is 10.2. The lowest BCUT2D eigenvalue weighted by Gasteiger charge is -2.26. The van der Waals surface area contributed by atoms with Gasteiger partial charge in [-0.25, -0.2) is 8.42 Å². The van der Waals surface area contributed by atoms with Crippen molar-refractivity contribution in [3.63, 3.8) is 0 Å². The summed E-state index contributed by atoms with van der Waals surface area (Å²) >= 11 is 5.79. The molecule has 0 bridgehead atoms. The molecule has 3 rings (SSSR count). The molecule has 1 saturated heterocycles. The monoisotopic (exact) mass is 410 g/mol. The molecule has 0 radical (unpaired) electrons. The molecule has 0 aromatic heterocycles. The molecule has 27 heavy (non-hydrogen) atoms. The third-order valence-electron chi connectivity index (χ3n) is 3.96. The molecule has 2 aromatic carbocycles. The average Bonchev–Trinajstić information content (AvgIpc) is 2.69. The van der Waals surface area contributed by atoms with Gasteiger partial charge in [0.1, 0.15) is 5.75 Å². The van der Waals surface area contributed by atoms with Gasteiger partial charge in [-0.15, -0.1) is 0 Å². The minimum Gasteiger partial charge on any atom is -0.484 e. The molecular formula is C18H19ClN2O5S. The van der Waals surface area contributed by atoms with Gasteiger partial charge in [-0.3, -0.25) is 9.52 Å². The fourth-order valence-corrected chi connectivity index (χ4v) is 3.68. The minimum atomic E-state index is -3.73. The van der Waals surface area contributed by atoms with E-state index in [1.54, 1.807) is 29.2 Å². The fraction of sp³-hybridized carbons (Fsp3) is 0.278. The summed E-state index contributed by atoms with van der Waals surface area (Å²) in [5, 5.41) is 0.520. The zero-order valence-corrected chi connectivity index (χ0v) is 16.0. The molecule has 7 nitrogen and oxygen atoms in total. The van der Waals surface area contributed by atoms with Crippen LogP contribution in [0.3, 0.4) is 0 Å². The summed E-state index contributed by atoms with van der Waals surface area (Å²) in [7, 11) is -3.73. The van der Waals surface area contributed by atoms with Crippen LogP contribution in [0.15, 0.2) is 53.4 Å². The number of nitrogens with zero attached hydrogens (tertiary/aromatic N) is 1. The second-order valence-corrected chi connectivity index (χ2v) is 7.98. The van der Waals surface area contributed by atoms with Gasteiger partial charge in [0.15, 0.2) is 6.61 Å². The Hall–Kier alpha value is -2.29. The molecule has 0 spiro atoms. The standard InChI is InChI=1S/C18H19ClN2O5S/c19-14-1-3-15(4-2-14)20-27(23,24)17-7-5-16(6-8-17)26-13-18(22)21-9-11-25-12-10-21/h1-8,20H,9-13H2. The summed E-state index contributed by atoms with van der Waals surface area (Å²) in [6, 6.07) is 12.2. The maximum atomic E-state index is 12.4. The summed E-state index contributed by atoms with van der Waals surface area (Å²) < 4.78 is 38.0. The normalized spacial score (nSPS) is 14.6. The highest BCUT2D eigenvalue weighted by Crippen LogP contribution is 2.20. The molecule has 1 fully saturated rings. The Kier molecular flexibility index (Phi) is 6.20. The van der Waals surface area contributed by atoms with E-state index in [4.69, 9.17) is 21.1 Å². The molecule has 0 unspecified atom stereocenters. The molecule has 144 valence electrons. The number of anilines is 1. The van der Waals surface area contributed by atoms with E-state index in [1.165, 1.54) is 24.3 Å². The summed E-state index contributed by atoms with van der Waals surface area (Å²) in [5.74, 6) is 0.293. The van der Waals surface area contributed by atoms with Crippen molar-refractivity contribution in [2.24, 2.45) is 0 Å². The summed E-state index contributed by atoms with van der Waals surface area (Å²) in [4.78, 5) is 13.8. The van der Waals surface area contributed by atoms with Gasteiger partial charge < -0.3 is 14.4 Å². The van der Waals surface area contributed by atoms with E-state index in [-0.39, 0.29) is 17.4 Å². The Bertz CT molecular complexity index is 879. The number of amides is 1. The molecule has 1 N–H and O–H groups in total. The van der Waals surface area contributed by atoms with Crippen molar-refractivity contribution in [1.82, 2.24) is 4.90 Å². The van der Waals surface area contributed by atoms with E-state index in [0.29, 0.717) is 42.8 Å². The Morgan fingerprint density at radius 1 is 1.07 bits per heavy atom. The number of rotatable bonds is 6. The highest BCUT2D eigenvalue weighted by molar-refractivity contribution is 7.92. The van der Waals surface area contributed by atoms with Crippen LogP contribution in [0.5, 0.6) is 5.75 Å². The van der Waals surface area contributed by atoms with Crippen molar-refractivity contribution in [1.29, 1.82) is 0 Å². The summed E-state index contributed by atoms with van der Waals surface area (Å²) in [5.41, 5.74) is 0.413. The van der Waals surface area contributed by atoms with E-state index < -0.39 is 10.0 Å². The van der Waals surface area contributed by atoms with Gasteiger partial charge in [0.05, 0.1) is 18.1 Å². The van der Waals surface area contributed by atoms with E-state index in [0.717, 1.165) is 0 Å².